The Bertz CT molecular complexity index is 446. The molecule has 0 radical (unpaired) electrons. The molecule has 5 heteroatoms. The van der Waals surface area contributed by atoms with Crippen LogP contribution in [0.2, 0.25) is 0 Å². The van der Waals surface area contributed by atoms with Gasteiger partial charge in [0, 0.05) is 12.6 Å². The van der Waals surface area contributed by atoms with Gasteiger partial charge in [-0.15, -0.1) is 0 Å². The van der Waals surface area contributed by atoms with Gasteiger partial charge in [0.2, 0.25) is 5.91 Å². The van der Waals surface area contributed by atoms with Gasteiger partial charge in [-0.25, -0.2) is 0 Å². The lowest BCUT2D eigenvalue weighted by Gasteiger charge is -2.24. The standard InChI is InChI=1S/C13H19N3O2/c1-16(2)11(8-14)9-3-4-12-10(7-9)15-13(17)5-6-18-12/h3-4,7,11H,5-6,8,14H2,1-2H3,(H,15,17). The van der Waals surface area contributed by atoms with Crippen molar-refractivity contribution in [1.82, 2.24) is 4.90 Å². The van der Waals surface area contributed by atoms with E-state index >= 15 is 0 Å². The van der Waals surface area contributed by atoms with Gasteiger partial charge in [0.1, 0.15) is 5.75 Å². The Labute approximate surface area is 107 Å². The number of benzene rings is 1. The molecule has 1 aliphatic rings. The molecule has 3 N–H and O–H groups in total. The van der Waals surface area contributed by atoms with Crippen molar-refractivity contribution in [2.45, 2.75) is 12.5 Å². The molecule has 0 saturated carbocycles. The first-order chi connectivity index (χ1) is 8.61. The molecule has 0 aromatic heterocycles. The fourth-order valence-electron chi connectivity index (χ4n) is 2.09. The van der Waals surface area contributed by atoms with Crippen LogP contribution in [0.1, 0.15) is 18.0 Å². The second kappa shape index (κ2) is 5.37. The lowest BCUT2D eigenvalue weighted by Crippen LogP contribution is -2.27. The quantitative estimate of drug-likeness (QED) is 0.837. The van der Waals surface area contributed by atoms with E-state index < -0.39 is 0 Å². The molecule has 1 aromatic carbocycles. The van der Waals surface area contributed by atoms with Crippen molar-refractivity contribution in [3.05, 3.63) is 23.8 Å². The fourth-order valence-corrected chi connectivity index (χ4v) is 2.09. The van der Waals surface area contributed by atoms with E-state index in [1.54, 1.807) is 0 Å². The molecule has 0 saturated heterocycles. The maximum absolute atomic E-state index is 11.5. The number of hydrogen-bond donors (Lipinski definition) is 2. The SMILES string of the molecule is CN(C)C(CN)c1ccc2c(c1)NC(=O)CCO2. The van der Waals surface area contributed by atoms with Crippen molar-refractivity contribution < 1.29 is 9.53 Å². The molecule has 2 rings (SSSR count). The first-order valence-corrected chi connectivity index (χ1v) is 6.05. The monoisotopic (exact) mass is 249 g/mol. The number of rotatable bonds is 3. The Balaban J connectivity index is 2.33. The van der Waals surface area contributed by atoms with Crippen LogP contribution in [0.3, 0.4) is 0 Å². The molecular weight excluding hydrogens is 230 g/mol. The van der Waals surface area contributed by atoms with Crippen LogP contribution in [0.15, 0.2) is 18.2 Å². The van der Waals surface area contributed by atoms with Gasteiger partial charge in [-0.3, -0.25) is 4.79 Å². The maximum Gasteiger partial charge on any atom is 0.227 e. The van der Waals surface area contributed by atoms with Crippen molar-refractivity contribution in [3.8, 4) is 5.75 Å². The van der Waals surface area contributed by atoms with Crippen LogP contribution in [-0.4, -0.2) is 38.1 Å². The number of likely N-dealkylation sites (N-methyl/N-ethyl adjacent to an activating group) is 1. The van der Waals surface area contributed by atoms with E-state index in [1.165, 1.54) is 0 Å². The molecule has 0 bridgehead atoms. The fraction of sp³-hybridized carbons (Fsp3) is 0.462. The van der Waals surface area contributed by atoms with Gasteiger partial charge in [-0.1, -0.05) is 6.07 Å². The van der Waals surface area contributed by atoms with E-state index in [1.807, 2.05) is 32.3 Å². The normalized spacial score (nSPS) is 16.6. The third-order valence-corrected chi connectivity index (χ3v) is 3.10. The summed E-state index contributed by atoms with van der Waals surface area (Å²) in [6.45, 7) is 0.951. The highest BCUT2D eigenvalue weighted by atomic mass is 16.5. The molecule has 18 heavy (non-hydrogen) atoms. The number of ether oxygens (including phenoxy) is 1. The summed E-state index contributed by atoms with van der Waals surface area (Å²) >= 11 is 0. The predicted octanol–water partition coefficient (Wildman–Crippen LogP) is 0.969. The highest BCUT2D eigenvalue weighted by molar-refractivity contribution is 5.93. The zero-order valence-corrected chi connectivity index (χ0v) is 10.8. The minimum Gasteiger partial charge on any atom is -0.491 e. The Hall–Kier alpha value is -1.59. The van der Waals surface area contributed by atoms with Crippen molar-refractivity contribution in [3.63, 3.8) is 0 Å². The molecule has 0 spiro atoms. The van der Waals surface area contributed by atoms with Gasteiger partial charge in [0.05, 0.1) is 18.7 Å². The van der Waals surface area contributed by atoms with Crippen LogP contribution in [-0.2, 0) is 4.79 Å². The minimum absolute atomic E-state index is 0.0138. The second-order valence-electron chi connectivity index (χ2n) is 4.62. The number of carbonyl (C=O) groups excluding carboxylic acids is 1. The molecule has 5 nitrogen and oxygen atoms in total. The summed E-state index contributed by atoms with van der Waals surface area (Å²) in [6, 6.07) is 5.96. The Kier molecular flexibility index (Phi) is 3.84. The lowest BCUT2D eigenvalue weighted by atomic mass is 10.0. The van der Waals surface area contributed by atoms with Gasteiger partial charge >= 0.3 is 0 Å². The Morgan fingerprint density at radius 3 is 2.94 bits per heavy atom. The summed E-state index contributed by atoms with van der Waals surface area (Å²) in [5.41, 5.74) is 7.59. The molecule has 98 valence electrons. The summed E-state index contributed by atoms with van der Waals surface area (Å²) in [5.74, 6) is 0.708. The second-order valence-corrected chi connectivity index (χ2v) is 4.62. The average molecular weight is 249 g/mol. The molecule has 1 amide bonds. The van der Waals surface area contributed by atoms with Crippen molar-refractivity contribution in [2.24, 2.45) is 5.73 Å². The van der Waals surface area contributed by atoms with Gasteiger partial charge in [0.25, 0.3) is 0 Å². The van der Waals surface area contributed by atoms with Gasteiger partial charge in [0.15, 0.2) is 0 Å². The maximum atomic E-state index is 11.5. The molecule has 1 aliphatic heterocycles. The third-order valence-electron chi connectivity index (χ3n) is 3.10. The summed E-state index contributed by atoms with van der Waals surface area (Å²) in [4.78, 5) is 13.6. The van der Waals surface area contributed by atoms with Crippen LogP contribution >= 0.6 is 0 Å². The van der Waals surface area contributed by atoms with E-state index in [-0.39, 0.29) is 11.9 Å². The predicted molar refractivity (Wildman–Crippen MR) is 70.7 cm³/mol. The molecular formula is C13H19N3O2. The zero-order valence-electron chi connectivity index (χ0n) is 10.8. The van der Waals surface area contributed by atoms with E-state index in [9.17, 15) is 4.79 Å². The minimum atomic E-state index is -0.0138. The van der Waals surface area contributed by atoms with Crippen molar-refractivity contribution in [2.75, 3.05) is 32.6 Å². The number of nitrogens with two attached hydrogens (primary N) is 1. The topological polar surface area (TPSA) is 67.6 Å². The molecule has 1 aromatic rings. The highest BCUT2D eigenvalue weighted by Gasteiger charge is 2.18. The average Bonchev–Trinajstić information content (AvgIpc) is 2.49. The van der Waals surface area contributed by atoms with Gasteiger partial charge in [-0.2, -0.15) is 0 Å². The van der Waals surface area contributed by atoms with E-state index in [0.29, 0.717) is 19.6 Å². The first-order valence-electron chi connectivity index (χ1n) is 6.05. The largest absolute Gasteiger partial charge is 0.491 e. The van der Waals surface area contributed by atoms with E-state index in [4.69, 9.17) is 10.5 Å². The van der Waals surface area contributed by atoms with Crippen LogP contribution in [0.5, 0.6) is 5.75 Å². The summed E-state index contributed by atoms with van der Waals surface area (Å²) in [5, 5.41) is 2.86. The Morgan fingerprint density at radius 2 is 2.28 bits per heavy atom. The highest BCUT2D eigenvalue weighted by Crippen LogP contribution is 2.31. The molecule has 1 unspecified atom stereocenters. The number of hydrogen-bond acceptors (Lipinski definition) is 4. The summed E-state index contributed by atoms with van der Waals surface area (Å²) < 4.78 is 5.52. The smallest absolute Gasteiger partial charge is 0.227 e. The van der Waals surface area contributed by atoms with E-state index in [2.05, 4.69) is 10.2 Å². The van der Waals surface area contributed by atoms with Crippen molar-refractivity contribution >= 4 is 11.6 Å². The lowest BCUT2D eigenvalue weighted by molar-refractivity contribution is -0.116. The Morgan fingerprint density at radius 1 is 1.50 bits per heavy atom. The summed E-state index contributed by atoms with van der Waals surface area (Å²) in [7, 11) is 3.97. The molecule has 1 atom stereocenters. The number of nitrogens with zero attached hydrogens (tertiary/aromatic N) is 1. The molecule has 0 fully saturated rings. The van der Waals surface area contributed by atoms with Crippen molar-refractivity contribution in [1.29, 1.82) is 0 Å². The van der Waals surface area contributed by atoms with Gasteiger partial charge < -0.3 is 20.7 Å². The van der Waals surface area contributed by atoms with Crippen LogP contribution in [0.25, 0.3) is 0 Å². The number of nitrogens with one attached hydrogen (secondary N) is 1. The number of anilines is 1. The van der Waals surface area contributed by atoms with Crippen LogP contribution in [0, 0.1) is 0 Å². The van der Waals surface area contributed by atoms with E-state index in [0.717, 1.165) is 17.0 Å². The number of fused-ring (bicyclic) bond motifs is 1. The zero-order chi connectivity index (χ0) is 13.1. The summed E-state index contributed by atoms with van der Waals surface area (Å²) in [6.07, 6.45) is 0.387. The first kappa shape index (κ1) is 12.9. The molecule has 0 aliphatic carbocycles. The molecule has 1 heterocycles. The van der Waals surface area contributed by atoms with Crippen LogP contribution < -0.4 is 15.8 Å². The number of amides is 1. The van der Waals surface area contributed by atoms with Gasteiger partial charge in [-0.05, 0) is 31.8 Å². The third kappa shape index (κ3) is 2.63. The number of carbonyl (C=O) groups is 1. The van der Waals surface area contributed by atoms with Crippen LogP contribution in [0.4, 0.5) is 5.69 Å².